The molecule has 4 nitrogen and oxygen atoms in total. The number of rotatable bonds is 6. The predicted molar refractivity (Wildman–Crippen MR) is 94.5 cm³/mol. The summed E-state index contributed by atoms with van der Waals surface area (Å²) in [6.07, 6.45) is 7.82. The number of aromatic nitrogens is 1. The van der Waals surface area contributed by atoms with E-state index in [1.807, 2.05) is 6.07 Å². The second-order valence-electron chi connectivity index (χ2n) is 6.49. The van der Waals surface area contributed by atoms with Crippen molar-refractivity contribution < 1.29 is 4.79 Å². The highest BCUT2D eigenvalue weighted by molar-refractivity contribution is 5.83. The van der Waals surface area contributed by atoms with Gasteiger partial charge in [-0.2, -0.15) is 0 Å². The first-order valence-corrected chi connectivity index (χ1v) is 8.83. The van der Waals surface area contributed by atoms with Gasteiger partial charge in [0, 0.05) is 29.7 Å². The number of likely N-dealkylation sites (tertiary alicyclic amines) is 1. The zero-order chi connectivity index (χ0) is 16.1. The SMILES string of the molecule is CCC1CCCCN1CC(=O)NCCc1c[nH]c2ccccc12. The molecule has 0 saturated carbocycles. The fourth-order valence-electron chi connectivity index (χ4n) is 3.65. The Kier molecular flexibility index (Phi) is 5.34. The van der Waals surface area contributed by atoms with Gasteiger partial charge in [-0.3, -0.25) is 9.69 Å². The minimum atomic E-state index is 0.158. The van der Waals surface area contributed by atoms with E-state index in [0.29, 0.717) is 19.1 Å². The lowest BCUT2D eigenvalue weighted by Gasteiger charge is -2.34. The molecule has 1 aliphatic heterocycles. The lowest BCUT2D eigenvalue weighted by molar-refractivity contribution is -0.123. The maximum Gasteiger partial charge on any atom is 0.234 e. The molecule has 2 N–H and O–H groups in total. The third-order valence-electron chi connectivity index (χ3n) is 4.96. The number of carbonyl (C=O) groups excluding carboxylic acids is 1. The number of nitrogens with zero attached hydrogens (tertiary/aromatic N) is 1. The first-order chi connectivity index (χ1) is 11.3. The molecule has 124 valence electrons. The summed E-state index contributed by atoms with van der Waals surface area (Å²) >= 11 is 0. The standard InChI is InChI=1S/C19H27N3O/c1-2-16-7-5-6-12-22(16)14-19(23)20-11-10-15-13-21-18-9-4-3-8-17(15)18/h3-4,8-9,13,16,21H,2,5-7,10-12,14H2,1H3,(H,20,23). The Hall–Kier alpha value is -1.81. The number of benzene rings is 1. The zero-order valence-corrected chi connectivity index (χ0v) is 14.0. The van der Waals surface area contributed by atoms with Gasteiger partial charge >= 0.3 is 0 Å². The molecule has 1 aliphatic rings. The molecular weight excluding hydrogens is 286 g/mol. The van der Waals surface area contributed by atoms with E-state index in [1.54, 1.807) is 0 Å². The molecule has 1 amide bonds. The summed E-state index contributed by atoms with van der Waals surface area (Å²) < 4.78 is 0. The third-order valence-corrected chi connectivity index (χ3v) is 4.96. The van der Waals surface area contributed by atoms with Crippen molar-refractivity contribution in [2.75, 3.05) is 19.6 Å². The van der Waals surface area contributed by atoms with Crippen LogP contribution in [0.3, 0.4) is 0 Å². The quantitative estimate of drug-likeness (QED) is 0.861. The average Bonchev–Trinajstić information content (AvgIpc) is 2.99. The first kappa shape index (κ1) is 16.1. The minimum absolute atomic E-state index is 0.158. The molecule has 0 bridgehead atoms. The molecule has 1 unspecified atom stereocenters. The number of hydrogen-bond donors (Lipinski definition) is 2. The number of hydrogen-bond acceptors (Lipinski definition) is 2. The number of amides is 1. The van der Waals surface area contributed by atoms with Gasteiger partial charge in [-0.05, 0) is 43.9 Å². The van der Waals surface area contributed by atoms with Crippen LogP contribution < -0.4 is 5.32 Å². The smallest absolute Gasteiger partial charge is 0.234 e. The van der Waals surface area contributed by atoms with Gasteiger partial charge in [-0.15, -0.1) is 0 Å². The molecule has 1 atom stereocenters. The molecular formula is C19H27N3O. The highest BCUT2D eigenvalue weighted by Gasteiger charge is 2.22. The Morgan fingerprint density at radius 2 is 2.22 bits per heavy atom. The summed E-state index contributed by atoms with van der Waals surface area (Å²) in [6.45, 7) is 4.53. The van der Waals surface area contributed by atoms with E-state index in [4.69, 9.17) is 0 Å². The van der Waals surface area contributed by atoms with E-state index in [1.165, 1.54) is 30.2 Å². The molecule has 2 aromatic rings. The number of fused-ring (bicyclic) bond motifs is 1. The van der Waals surface area contributed by atoms with Crippen LogP contribution >= 0.6 is 0 Å². The van der Waals surface area contributed by atoms with Crippen LogP contribution in [-0.2, 0) is 11.2 Å². The van der Waals surface area contributed by atoms with E-state index >= 15 is 0 Å². The van der Waals surface area contributed by atoms with E-state index in [9.17, 15) is 4.79 Å². The maximum atomic E-state index is 12.2. The van der Waals surface area contributed by atoms with Crippen LogP contribution in [0.1, 0.15) is 38.2 Å². The van der Waals surface area contributed by atoms with Crippen LogP contribution in [0.2, 0.25) is 0 Å². The molecule has 1 aromatic carbocycles. The van der Waals surface area contributed by atoms with Gasteiger partial charge in [0.15, 0.2) is 0 Å². The Labute approximate surface area is 138 Å². The van der Waals surface area contributed by atoms with Crippen molar-refractivity contribution >= 4 is 16.8 Å². The van der Waals surface area contributed by atoms with Crippen molar-refractivity contribution in [3.63, 3.8) is 0 Å². The van der Waals surface area contributed by atoms with Crippen LogP contribution in [0.15, 0.2) is 30.5 Å². The first-order valence-electron chi connectivity index (χ1n) is 8.83. The van der Waals surface area contributed by atoms with Crippen molar-refractivity contribution in [1.29, 1.82) is 0 Å². The van der Waals surface area contributed by atoms with Gasteiger partial charge in [0.2, 0.25) is 5.91 Å². The van der Waals surface area contributed by atoms with Gasteiger partial charge in [0.25, 0.3) is 0 Å². The number of H-pyrrole nitrogens is 1. The molecule has 0 radical (unpaired) electrons. The number of nitrogens with one attached hydrogen (secondary N) is 2. The van der Waals surface area contributed by atoms with Crippen molar-refractivity contribution in [3.8, 4) is 0 Å². The number of para-hydroxylation sites is 1. The van der Waals surface area contributed by atoms with Gasteiger partial charge in [0.1, 0.15) is 0 Å². The van der Waals surface area contributed by atoms with Gasteiger partial charge in [-0.1, -0.05) is 31.5 Å². The van der Waals surface area contributed by atoms with E-state index in [-0.39, 0.29) is 5.91 Å². The Balaban J connectivity index is 1.47. The van der Waals surface area contributed by atoms with E-state index in [2.05, 4.69) is 46.5 Å². The van der Waals surface area contributed by atoms with E-state index in [0.717, 1.165) is 24.9 Å². The highest BCUT2D eigenvalue weighted by Crippen LogP contribution is 2.19. The monoisotopic (exact) mass is 313 g/mol. The largest absolute Gasteiger partial charge is 0.361 e. The Morgan fingerprint density at radius 1 is 1.35 bits per heavy atom. The molecule has 0 spiro atoms. The fraction of sp³-hybridized carbons (Fsp3) is 0.526. The zero-order valence-electron chi connectivity index (χ0n) is 14.0. The molecule has 1 fully saturated rings. The number of carbonyl (C=O) groups is 1. The van der Waals surface area contributed by atoms with E-state index < -0.39 is 0 Å². The molecule has 4 heteroatoms. The number of piperidine rings is 1. The van der Waals surface area contributed by atoms with Crippen LogP contribution in [0.25, 0.3) is 10.9 Å². The summed E-state index contributed by atoms with van der Waals surface area (Å²) in [5.74, 6) is 0.158. The second-order valence-corrected chi connectivity index (χ2v) is 6.49. The Bertz CT molecular complexity index is 649. The lowest BCUT2D eigenvalue weighted by atomic mass is 10.00. The van der Waals surface area contributed by atoms with Crippen LogP contribution in [0, 0.1) is 0 Å². The summed E-state index contributed by atoms with van der Waals surface area (Å²) in [7, 11) is 0. The molecule has 2 heterocycles. The molecule has 0 aliphatic carbocycles. The average molecular weight is 313 g/mol. The highest BCUT2D eigenvalue weighted by atomic mass is 16.2. The molecule has 3 rings (SSSR count). The molecule has 1 aromatic heterocycles. The van der Waals surface area contributed by atoms with Crippen molar-refractivity contribution in [1.82, 2.24) is 15.2 Å². The summed E-state index contributed by atoms with van der Waals surface area (Å²) in [5.41, 5.74) is 2.43. The predicted octanol–water partition coefficient (Wildman–Crippen LogP) is 3.09. The van der Waals surface area contributed by atoms with Gasteiger partial charge in [-0.25, -0.2) is 0 Å². The molecule has 23 heavy (non-hydrogen) atoms. The van der Waals surface area contributed by atoms with Crippen LogP contribution in [0.5, 0.6) is 0 Å². The maximum absolute atomic E-state index is 12.2. The lowest BCUT2D eigenvalue weighted by Crippen LogP contribution is -2.45. The third kappa shape index (κ3) is 3.94. The normalized spacial score (nSPS) is 19.1. The fourth-order valence-corrected chi connectivity index (χ4v) is 3.65. The second kappa shape index (κ2) is 7.64. The summed E-state index contributed by atoms with van der Waals surface area (Å²) in [4.78, 5) is 17.8. The van der Waals surface area contributed by atoms with Gasteiger partial charge in [0.05, 0.1) is 6.54 Å². The van der Waals surface area contributed by atoms with Gasteiger partial charge < -0.3 is 10.3 Å². The summed E-state index contributed by atoms with van der Waals surface area (Å²) in [6, 6.07) is 8.89. The topological polar surface area (TPSA) is 48.1 Å². The van der Waals surface area contributed by atoms with Crippen LogP contribution in [0.4, 0.5) is 0 Å². The van der Waals surface area contributed by atoms with Crippen LogP contribution in [-0.4, -0.2) is 41.5 Å². The number of aromatic amines is 1. The van der Waals surface area contributed by atoms with Crippen molar-refractivity contribution in [3.05, 3.63) is 36.0 Å². The summed E-state index contributed by atoms with van der Waals surface area (Å²) in [5, 5.41) is 4.34. The minimum Gasteiger partial charge on any atom is -0.361 e. The van der Waals surface area contributed by atoms with Crippen molar-refractivity contribution in [2.24, 2.45) is 0 Å². The van der Waals surface area contributed by atoms with Crippen molar-refractivity contribution in [2.45, 2.75) is 45.1 Å². The molecule has 1 saturated heterocycles. The Morgan fingerprint density at radius 3 is 3.09 bits per heavy atom.